The second kappa shape index (κ2) is 8.23. The number of carbonyl (C=O) groups is 3. The Balaban J connectivity index is 1.62. The Kier molecular flexibility index (Phi) is 5.62. The summed E-state index contributed by atoms with van der Waals surface area (Å²) >= 11 is 1.47. The first kappa shape index (κ1) is 21.2. The van der Waals surface area contributed by atoms with E-state index >= 15 is 0 Å². The minimum atomic E-state index is -0.764. The highest BCUT2D eigenvalue weighted by molar-refractivity contribution is 8.01. The van der Waals surface area contributed by atoms with Crippen LogP contribution in [0.25, 0.3) is 0 Å². The lowest BCUT2D eigenvalue weighted by molar-refractivity contribution is -0.160. The lowest BCUT2D eigenvalue weighted by Crippen LogP contribution is -2.59. The molecule has 2 fully saturated rings. The van der Waals surface area contributed by atoms with E-state index in [-0.39, 0.29) is 11.3 Å². The Hall–Kier alpha value is -3.06. The minimum absolute atomic E-state index is 0.341. The van der Waals surface area contributed by atoms with Crippen LogP contribution >= 0.6 is 11.8 Å². The van der Waals surface area contributed by atoms with Crippen molar-refractivity contribution in [2.75, 3.05) is 7.11 Å². The fourth-order valence-corrected chi connectivity index (χ4v) is 5.53. The number of benzene rings is 2. The number of ether oxygens (including phenoxy) is 2. The summed E-state index contributed by atoms with van der Waals surface area (Å²) in [6.45, 7) is 3.82. The summed E-state index contributed by atoms with van der Waals surface area (Å²) in [4.78, 5) is 39.3. The van der Waals surface area contributed by atoms with Crippen molar-refractivity contribution < 1.29 is 23.9 Å². The van der Waals surface area contributed by atoms with Gasteiger partial charge in [0.25, 0.3) is 5.91 Å². The summed E-state index contributed by atoms with van der Waals surface area (Å²) in [6, 6.07) is 18.3. The minimum Gasteiger partial charge on any atom is -0.466 e. The largest absolute Gasteiger partial charge is 0.466 e. The molecule has 160 valence electrons. The third kappa shape index (κ3) is 3.85. The van der Waals surface area contributed by atoms with E-state index in [0.717, 1.165) is 11.1 Å². The fraction of sp³-hybridized carbons (Fsp3) is 0.292. The molecular formula is C24H23NO5S. The third-order valence-electron chi connectivity index (χ3n) is 5.49. The van der Waals surface area contributed by atoms with Crippen molar-refractivity contribution in [1.29, 1.82) is 0 Å². The first-order valence-corrected chi connectivity index (χ1v) is 10.8. The summed E-state index contributed by atoms with van der Waals surface area (Å²) in [5.74, 6) is -1.39. The first-order valence-electron chi connectivity index (χ1n) is 9.94. The van der Waals surface area contributed by atoms with Gasteiger partial charge in [-0.05, 0) is 25.0 Å². The maximum absolute atomic E-state index is 13.4. The van der Waals surface area contributed by atoms with Gasteiger partial charge in [0.05, 0.1) is 12.7 Å². The Morgan fingerprint density at radius 2 is 1.58 bits per heavy atom. The molecule has 2 aliphatic heterocycles. The molecule has 2 atom stereocenters. The number of amides is 1. The summed E-state index contributed by atoms with van der Waals surface area (Å²) in [6.07, 6.45) is 0.619. The Labute approximate surface area is 185 Å². The predicted octanol–water partition coefficient (Wildman–Crippen LogP) is 3.48. The van der Waals surface area contributed by atoms with Gasteiger partial charge in [0.15, 0.2) is 6.10 Å². The fourth-order valence-electron chi connectivity index (χ4n) is 3.99. The van der Waals surface area contributed by atoms with Crippen molar-refractivity contribution in [3.63, 3.8) is 0 Å². The Morgan fingerprint density at radius 3 is 2.10 bits per heavy atom. The van der Waals surface area contributed by atoms with Gasteiger partial charge in [0.1, 0.15) is 11.4 Å². The number of rotatable bonds is 5. The smallest absolute Gasteiger partial charge is 0.331 e. The van der Waals surface area contributed by atoms with Crippen molar-refractivity contribution in [2.45, 2.75) is 36.1 Å². The molecule has 0 N–H and O–H groups in total. The van der Waals surface area contributed by atoms with Crippen molar-refractivity contribution in [3.05, 3.63) is 83.4 Å². The van der Waals surface area contributed by atoms with Crippen LogP contribution in [-0.2, 0) is 23.9 Å². The molecule has 2 aromatic rings. The van der Waals surface area contributed by atoms with Crippen LogP contribution in [0, 0.1) is 0 Å². The zero-order valence-corrected chi connectivity index (χ0v) is 18.3. The first-order chi connectivity index (χ1) is 14.8. The number of carbonyl (C=O) groups excluding carboxylic acids is 3. The monoisotopic (exact) mass is 437 g/mol. The van der Waals surface area contributed by atoms with E-state index in [9.17, 15) is 14.4 Å². The quantitative estimate of drug-likeness (QED) is 0.405. The van der Waals surface area contributed by atoms with E-state index < -0.39 is 28.8 Å². The van der Waals surface area contributed by atoms with E-state index in [4.69, 9.17) is 4.74 Å². The highest BCUT2D eigenvalue weighted by Crippen LogP contribution is 2.53. The van der Waals surface area contributed by atoms with Crippen molar-refractivity contribution in [3.8, 4) is 0 Å². The summed E-state index contributed by atoms with van der Waals surface area (Å²) in [5, 5.41) is -0.369. The molecule has 4 rings (SSSR count). The van der Waals surface area contributed by atoms with Gasteiger partial charge in [-0.25, -0.2) is 9.59 Å². The van der Waals surface area contributed by atoms with Crippen LogP contribution in [0.15, 0.2) is 72.3 Å². The van der Waals surface area contributed by atoms with Gasteiger partial charge in [0, 0.05) is 10.8 Å². The number of thioether (sulfide) groups is 1. The van der Waals surface area contributed by atoms with Crippen molar-refractivity contribution >= 4 is 29.6 Å². The van der Waals surface area contributed by atoms with Crippen LogP contribution < -0.4 is 0 Å². The normalized spacial score (nSPS) is 22.8. The number of methoxy groups -OCH3 is 1. The second-order valence-electron chi connectivity index (χ2n) is 7.95. The highest BCUT2D eigenvalue weighted by Gasteiger charge is 2.62. The SMILES string of the molecule is COC(=O)/C=C1/C(=O)N2[C@@H]1SC(C)(C)[C@@H]2C(=O)OC(c1ccccc1)c1ccccc1. The summed E-state index contributed by atoms with van der Waals surface area (Å²) in [5.41, 5.74) is 2.05. The molecule has 0 aliphatic carbocycles. The molecule has 2 aliphatic rings. The maximum atomic E-state index is 13.4. The van der Waals surface area contributed by atoms with Gasteiger partial charge in [-0.1, -0.05) is 60.7 Å². The van der Waals surface area contributed by atoms with Crippen LogP contribution in [0.4, 0.5) is 0 Å². The number of esters is 2. The molecular weight excluding hydrogens is 414 g/mol. The number of hydrogen-bond donors (Lipinski definition) is 0. The molecule has 0 bridgehead atoms. The number of β-lactam (4-membered cyclic amide) rings is 1. The Bertz CT molecular complexity index is 995. The second-order valence-corrected chi connectivity index (χ2v) is 9.68. The lowest BCUT2D eigenvalue weighted by Gasteiger charge is -2.39. The van der Waals surface area contributed by atoms with Crippen LogP contribution in [-0.4, -0.2) is 46.0 Å². The van der Waals surface area contributed by atoms with Crippen LogP contribution in [0.2, 0.25) is 0 Å². The maximum Gasteiger partial charge on any atom is 0.331 e. The van der Waals surface area contributed by atoms with Gasteiger partial charge in [-0.3, -0.25) is 4.79 Å². The van der Waals surface area contributed by atoms with Gasteiger partial charge in [-0.15, -0.1) is 11.8 Å². The average molecular weight is 438 g/mol. The zero-order valence-electron chi connectivity index (χ0n) is 17.5. The molecule has 0 unspecified atom stereocenters. The summed E-state index contributed by atoms with van der Waals surface area (Å²) in [7, 11) is 1.26. The molecule has 1 amide bonds. The molecule has 6 nitrogen and oxygen atoms in total. The van der Waals surface area contributed by atoms with E-state index in [1.165, 1.54) is 29.8 Å². The van der Waals surface area contributed by atoms with Crippen LogP contribution in [0.3, 0.4) is 0 Å². The van der Waals surface area contributed by atoms with Gasteiger partial charge < -0.3 is 14.4 Å². The number of nitrogens with zero attached hydrogens (tertiary/aromatic N) is 1. The molecule has 0 saturated carbocycles. The molecule has 0 aromatic heterocycles. The third-order valence-corrected chi connectivity index (χ3v) is 7.02. The number of hydrogen-bond acceptors (Lipinski definition) is 6. The molecule has 7 heteroatoms. The van der Waals surface area contributed by atoms with Crippen LogP contribution in [0.1, 0.15) is 31.1 Å². The van der Waals surface area contributed by atoms with E-state index in [1.807, 2.05) is 74.5 Å². The summed E-state index contributed by atoms with van der Waals surface area (Å²) < 4.78 is 10.1. The predicted molar refractivity (Wildman–Crippen MR) is 117 cm³/mol. The van der Waals surface area contributed by atoms with Crippen LogP contribution in [0.5, 0.6) is 0 Å². The van der Waals surface area contributed by atoms with E-state index in [1.54, 1.807) is 0 Å². The van der Waals surface area contributed by atoms with Crippen molar-refractivity contribution in [1.82, 2.24) is 4.90 Å². The van der Waals surface area contributed by atoms with Gasteiger partial charge >= 0.3 is 11.9 Å². The molecule has 31 heavy (non-hydrogen) atoms. The highest BCUT2D eigenvalue weighted by atomic mass is 32.2. The zero-order chi connectivity index (χ0) is 22.2. The average Bonchev–Trinajstić information content (AvgIpc) is 3.04. The topological polar surface area (TPSA) is 72.9 Å². The standard InChI is InChI=1S/C24H23NO5S/c1-24(2)20(25-21(27)17(22(25)31-24)14-18(26)29-3)23(28)30-19(15-10-6-4-7-11-15)16-12-8-5-9-13-16/h4-14,19-20,22H,1-3H3/b17-14-/t20-,22+/m0/s1. The van der Waals surface area contributed by atoms with Crippen molar-refractivity contribution in [2.24, 2.45) is 0 Å². The molecule has 2 saturated heterocycles. The molecule has 2 aromatic carbocycles. The molecule has 0 radical (unpaired) electrons. The van der Waals surface area contributed by atoms with Gasteiger partial charge in [-0.2, -0.15) is 0 Å². The molecule has 0 spiro atoms. The Morgan fingerprint density at radius 1 is 1.03 bits per heavy atom. The number of fused-ring (bicyclic) bond motifs is 1. The lowest BCUT2D eigenvalue weighted by atomic mass is 9.95. The van der Waals surface area contributed by atoms with E-state index in [0.29, 0.717) is 5.57 Å². The van der Waals surface area contributed by atoms with E-state index in [2.05, 4.69) is 4.74 Å². The molecule has 2 heterocycles. The van der Waals surface area contributed by atoms with Gasteiger partial charge in [0.2, 0.25) is 0 Å².